The predicted octanol–water partition coefficient (Wildman–Crippen LogP) is 7.51. The SMILES string of the molecule is CCOc1ccc([C@@H]2Oc3c(Br)cc(Br)cc3[C@H]3CC(c4ccc(Cl)cc4)=NN32)cc1. The number of fused-ring (bicyclic) bond motifs is 3. The monoisotopic (exact) mass is 560 g/mol. The highest BCUT2D eigenvalue weighted by Gasteiger charge is 2.42. The number of benzene rings is 3. The van der Waals surface area contributed by atoms with Crippen molar-refractivity contribution in [3.05, 3.63) is 91.3 Å². The molecule has 0 fully saturated rings. The summed E-state index contributed by atoms with van der Waals surface area (Å²) in [6.45, 7) is 2.62. The maximum Gasteiger partial charge on any atom is 0.213 e. The zero-order valence-electron chi connectivity index (χ0n) is 16.7. The Morgan fingerprint density at radius 1 is 1.10 bits per heavy atom. The van der Waals surface area contributed by atoms with E-state index in [-0.39, 0.29) is 12.3 Å². The van der Waals surface area contributed by atoms with Crippen molar-refractivity contribution >= 4 is 49.2 Å². The summed E-state index contributed by atoms with van der Waals surface area (Å²) in [4.78, 5) is 0. The van der Waals surface area contributed by atoms with E-state index in [9.17, 15) is 0 Å². The van der Waals surface area contributed by atoms with Crippen molar-refractivity contribution in [1.29, 1.82) is 0 Å². The summed E-state index contributed by atoms with van der Waals surface area (Å²) >= 11 is 13.4. The van der Waals surface area contributed by atoms with E-state index in [1.165, 1.54) is 0 Å². The molecule has 4 nitrogen and oxygen atoms in total. The third-order valence-electron chi connectivity index (χ3n) is 5.46. The number of hydrogen-bond acceptors (Lipinski definition) is 4. The summed E-state index contributed by atoms with van der Waals surface area (Å²) in [5.74, 6) is 1.70. The van der Waals surface area contributed by atoms with Crippen LogP contribution in [0.4, 0.5) is 0 Å². The van der Waals surface area contributed by atoms with Crippen LogP contribution in [0.15, 0.2) is 74.7 Å². The van der Waals surface area contributed by atoms with Crippen LogP contribution < -0.4 is 9.47 Å². The molecule has 2 heterocycles. The first-order valence-electron chi connectivity index (χ1n) is 10.0. The van der Waals surface area contributed by atoms with Crippen molar-refractivity contribution in [2.75, 3.05) is 6.61 Å². The Bertz CT molecular complexity index is 1150. The fourth-order valence-electron chi connectivity index (χ4n) is 4.05. The van der Waals surface area contributed by atoms with Crippen LogP contribution in [0.3, 0.4) is 0 Å². The molecule has 0 bridgehead atoms. The third kappa shape index (κ3) is 3.97. The average molecular weight is 563 g/mol. The van der Waals surface area contributed by atoms with Crippen molar-refractivity contribution < 1.29 is 9.47 Å². The minimum Gasteiger partial charge on any atom is -0.494 e. The van der Waals surface area contributed by atoms with Crippen LogP contribution >= 0.6 is 43.5 Å². The van der Waals surface area contributed by atoms with Crippen LogP contribution in [0.5, 0.6) is 11.5 Å². The summed E-state index contributed by atoms with van der Waals surface area (Å²) in [5, 5.41) is 7.79. The molecule has 0 unspecified atom stereocenters. The van der Waals surface area contributed by atoms with Gasteiger partial charge >= 0.3 is 0 Å². The zero-order valence-corrected chi connectivity index (χ0v) is 20.6. The number of ether oxygens (including phenoxy) is 2. The first kappa shape index (κ1) is 20.9. The van der Waals surface area contributed by atoms with E-state index >= 15 is 0 Å². The molecule has 0 radical (unpaired) electrons. The maximum atomic E-state index is 6.51. The lowest BCUT2D eigenvalue weighted by molar-refractivity contribution is -0.0197. The summed E-state index contributed by atoms with van der Waals surface area (Å²) in [7, 11) is 0. The van der Waals surface area contributed by atoms with Crippen molar-refractivity contribution in [1.82, 2.24) is 5.01 Å². The fraction of sp³-hybridized carbons (Fsp3) is 0.208. The minimum atomic E-state index is -0.338. The lowest BCUT2D eigenvalue weighted by atomic mass is 9.96. The van der Waals surface area contributed by atoms with Gasteiger partial charge in [0.1, 0.15) is 11.5 Å². The average Bonchev–Trinajstić information content (AvgIpc) is 3.20. The van der Waals surface area contributed by atoms with Gasteiger partial charge in [-0.15, -0.1) is 0 Å². The molecule has 0 N–H and O–H groups in total. The molecule has 7 heteroatoms. The Labute approximate surface area is 203 Å². The third-order valence-corrected chi connectivity index (χ3v) is 6.76. The summed E-state index contributed by atoms with van der Waals surface area (Å²) in [5.41, 5.74) is 4.22. The number of halogens is 3. The molecule has 0 saturated carbocycles. The van der Waals surface area contributed by atoms with Crippen molar-refractivity contribution in [2.24, 2.45) is 5.10 Å². The molecule has 0 spiro atoms. The Kier molecular flexibility index (Phi) is 5.71. The zero-order chi connectivity index (χ0) is 21.5. The molecule has 0 saturated heterocycles. The van der Waals surface area contributed by atoms with Gasteiger partial charge in [0.05, 0.1) is 22.8 Å². The summed E-state index contributed by atoms with van der Waals surface area (Å²) in [6, 6.07) is 20.1. The van der Waals surface area contributed by atoms with Gasteiger partial charge in [0.2, 0.25) is 6.23 Å². The van der Waals surface area contributed by atoms with Gasteiger partial charge in [0.15, 0.2) is 0 Å². The summed E-state index contributed by atoms with van der Waals surface area (Å²) in [6.07, 6.45) is 0.449. The van der Waals surface area contributed by atoms with Gasteiger partial charge in [-0.25, -0.2) is 5.01 Å². The molecule has 158 valence electrons. The van der Waals surface area contributed by atoms with Crippen molar-refractivity contribution in [3.8, 4) is 11.5 Å². The van der Waals surface area contributed by atoms with Crippen LogP contribution in [-0.2, 0) is 0 Å². The van der Waals surface area contributed by atoms with E-state index in [1.54, 1.807) is 0 Å². The van der Waals surface area contributed by atoms with E-state index in [4.69, 9.17) is 26.2 Å². The van der Waals surface area contributed by atoms with E-state index in [0.29, 0.717) is 11.6 Å². The second-order valence-electron chi connectivity index (χ2n) is 7.43. The van der Waals surface area contributed by atoms with E-state index in [2.05, 4.69) is 42.9 Å². The fourth-order valence-corrected chi connectivity index (χ4v) is 5.52. The van der Waals surface area contributed by atoms with Crippen LogP contribution in [0.2, 0.25) is 5.02 Å². The van der Waals surface area contributed by atoms with Crippen LogP contribution in [0.25, 0.3) is 0 Å². The number of nitrogens with zero attached hydrogens (tertiary/aromatic N) is 2. The van der Waals surface area contributed by atoms with E-state index in [0.717, 1.165) is 49.3 Å². The van der Waals surface area contributed by atoms with Crippen LogP contribution in [-0.4, -0.2) is 17.3 Å². The molecule has 0 aliphatic carbocycles. The second kappa shape index (κ2) is 8.49. The molecule has 0 amide bonds. The predicted molar refractivity (Wildman–Crippen MR) is 130 cm³/mol. The molecule has 2 aliphatic rings. The van der Waals surface area contributed by atoms with Gasteiger partial charge in [-0.1, -0.05) is 39.7 Å². The standard InChI is InChI=1S/C24H19Br2ClN2O2/c1-2-30-18-9-5-15(6-10-18)24-29-22(19-11-16(25)12-20(26)23(19)31-24)13-21(28-29)14-3-7-17(27)8-4-14/h3-12,22,24H,2,13H2,1H3/t22-,24+/m1/s1. The highest BCUT2D eigenvalue weighted by Crippen LogP contribution is 2.50. The van der Waals surface area contributed by atoms with Gasteiger partial charge in [-0.3, -0.25) is 0 Å². The second-order valence-corrected chi connectivity index (χ2v) is 9.64. The Morgan fingerprint density at radius 3 is 2.55 bits per heavy atom. The van der Waals surface area contributed by atoms with Crippen molar-refractivity contribution in [2.45, 2.75) is 25.6 Å². The normalized spacial score (nSPS) is 19.4. The molecule has 2 atom stereocenters. The van der Waals surface area contributed by atoms with Crippen LogP contribution in [0.1, 0.15) is 42.3 Å². The highest BCUT2D eigenvalue weighted by molar-refractivity contribution is 9.11. The highest BCUT2D eigenvalue weighted by atomic mass is 79.9. The molecule has 3 aromatic rings. The smallest absolute Gasteiger partial charge is 0.213 e. The lowest BCUT2D eigenvalue weighted by Gasteiger charge is -2.38. The molecule has 5 rings (SSSR count). The van der Waals surface area contributed by atoms with E-state index < -0.39 is 0 Å². The van der Waals surface area contributed by atoms with Gasteiger partial charge in [0, 0.05) is 27.0 Å². The molecule has 31 heavy (non-hydrogen) atoms. The topological polar surface area (TPSA) is 34.1 Å². The van der Waals surface area contributed by atoms with Crippen molar-refractivity contribution in [3.63, 3.8) is 0 Å². The molecule has 3 aromatic carbocycles. The molecule has 0 aromatic heterocycles. The Balaban J connectivity index is 1.58. The first-order chi connectivity index (χ1) is 15.0. The van der Waals surface area contributed by atoms with Gasteiger partial charge < -0.3 is 9.47 Å². The number of hydrazone groups is 1. The first-order valence-corrected chi connectivity index (χ1v) is 12.0. The molecule has 2 aliphatic heterocycles. The lowest BCUT2D eigenvalue weighted by Crippen LogP contribution is -2.33. The maximum absolute atomic E-state index is 6.51. The Morgan fingerprint density at radius 2 is 1.84 bits per heavy atom. The van der Waals surface area contributed by atoms with E-state index in [1.807, 2.05) is 61.5 Å². The summed E-state index contributed by atoms with van der Waals surface area (Å²) < 4.78 is 14.0. The quantitative estimate of drug-likeness (QED) is 0.330. The van der Waals surface area contributed by atoms with Gasteiger partial charge in [0.25, 0.3) is 0 Å². The number of rotatable bonds is 4. The van der Waals surface area contributed by atoms with Crippen LogP contribution in [0, 0.1) is 0 Å². The van der Waals surface area contributed by atoms with Gasteiger partial charge in [-0.05, 0) is 76.9 Å². The molecular weight excluding hydrogens is 544 g/mol. The Hall–Kier alpha value is -2.02. The van der Waals surface area contributed by atoms with Gasteiger partial charge in [-0.2, -0.15) is 5.10 Å². The molecular formula is C24H19Br2ClN2O2. The number of hydrogen-bond donors (Lipinski definition) is 0. The largest absolute Gasteiger partial charge is 0.494 e. The minimum absolute atomic E-state index is 0.0693.